The highest BCUT2D eigenvalue weighted by Gasteiger charge is 2.03. The molecule has 0 spiro atoms. The molecule has 0 radical (unpaired) electrons. The van der Waals surface area contributed by atoms with E-state index in [1.54, 1.807) is 25.1 Å². The fourth-order valence-electron chi connectivity index (χ4n) is 0.896. The van der Waals surface area contributed by atoms with Crippen molar-refractivity contribution in [2.75, 3.05) is 0 Å². The molecule has 0 unspecified atom stereocenters. The maximum atomic E-state index is 11.0. The number of rotatable bonds is 2. The highest BCUT2D eigenvalue weighted by Crippen LogP contribution is 2.20. The average Bonchev–Trinajstić information content (AvgIpc) is 2.05. The molecule has 0 bridgehead atoms. The molecule has 1 nitrogen and oxygen atoms in total. The molecule has 0 saturated carbocycles. The van der Waals surface area contributed by atoms with Gasteiger partial charge in [0.15, 0.2) is 5.78 Å². The number of hydrogen-bond acceptors (Lipinski definition) is 1. The van der Waals surface area contributed by atoms with E-state index in [0.717, 1.165) is 5.56 Å². The molecular formula is C9H8BrClO. The Kier molecular flexibility index (Phi) is 3.29. The van der Waals surface area contributed by atoms with Gasteiger partial charge < -0.3 is 0 Å². The molecule has 0 aliphatic rings. The molecule has 0 atom stereocenters. The van der Waals surface area contributed by atoms with Crippen LogP contribution in [0.2, 0.25) is 5.02 Å². The largest absolute Gasteiger partial charge is 0.295 e. The lowest BCUT2D eigenvalue weighted by Gasteiger charge is -2.01. The summed E-state index contributed by atoms with van der Waals surface area (Å²) in [4.78, 5) is 11.0. The van der Waals surface area contributed by atoms with Gasteiger partial charge in [0.25, 0.3) is 0 Å². The molecule has 1 aromatic rings. The van der Waals surface area contributed by atoms with Crippen LogP contribution in [-0.2, 0) is 5.33 Å². The van der Waals surface area contributed by atoms with Crippen molar-refractivity contribution < 1.29 is 4.79 Å². The fraction of sp³-hybridized carbons (Fsp3) is 0.222. The molecular weight excluding hydrogens is 239 g/mol. The molecule has 0 aliphatic carbocycles. The molecule has 1 rings (SSSR count). The molecule has 64 valence electrons. The summed E-state index contributed by atoms with van der Waals surface area (Å²) >= 11 is 9.16. The Hall–Kier alpha value is -0.340. The summed E-state index contributed by atoms with van der Waals surface area (Å²) in [6.07, 6.45) is 0. The number of carbonyl (C=O) groups excluding carboxylic acids is 1. The predicted molar refractivity (Wildman–Crippen MR) is 54.1 cm³/mol. The molecule has 0 amide bonds. The molecule has 12 heavy (non-hydrogen) atoms. The van der Waals surface area contributed by atoms with E-state index in [1.165, 1.54) is 0 Å². The summed E-state index contributed by atoms with van der Waals surface area (Å²) in [6.45, 7) is 1.54. The topological polar surface area (TPSA) is 17.1 Å². The molecule has 0 aromatic heterocycles. The maximum Gasteiger partial charge on any atom is 0.159 e. The number of carbonyl (C=O) groups is 1. The highest BCUT2D eigenvalue weighted by atomic mass is 79.9. The van der Waals surface area contributed by atoms with Crippen molar-refractivity contribution in [1.29, 1.82) is 0 Å². The Morgan fingerprint density at radius 1 is 1.58 bits per heavy atom. The van der Waals surface area contributed by atoms with Gasteiger partial charge in [-0.05, 0) is 30.7 Å². The summed E-state index contributed by atoms with van der Waals surface area (Å²) in [5, 5.41) is 1.37. The summed E-state index contributed by atoms with van der Waals surface area (Å²) < 4.78 is 0. The van der Waals surface area contributed by atoms with Gasteiger partial charge in [-0.2, -0.15) is 0 Å². The molecule has 1 aromatic carbocycles. The second kappa shape index (κ2) is 4.06. The van der Waals surface area contributed by atoms with E-state index in [2.05, 4.69) is 15.9 Å². The molecule has 0 fully saturated rings. The minimum atomic E-state index is 0.0638. The van der Waals surface area contributed by atoms with Gasteiger partial charge in [0.2, 0.25) is 0 Å². The minimum absolute atomic E-state index is 0.0638. The van der Waals surface area contributed by atoms with Gasteiger partial charge in [0, 0.05) is 15.9 Å². The van der Waals surface area contributed by atoms with Crippen LogP contribution in [0.5, 0.6) is 0 Å². The first-order chi connectivity index (χ1) is 5.65. The smallest absolute Gasteiger partial charge is 0.159 e. The van der Waals surface area contributed by atoms with Crippen molar-refractivity contribution in [2.45, 2.75) is 12.3 Å². The Morgan fingerprint density at radius 2 is 2.25 bits per heavy atom. The molecule has 0 heterocycles. The first-order valence-corrected chi connectivity index (χ1v) is 5.00. The maximum absolute atomic E-state index is 11.0. The van der Waals surface area contributed by atoms with Crippen molar-refractivity contribution in [2.24, 2.45) is 0 Å². The lowest BCUT2D eigenvalue weighted by molar-refractivity contribution is 0.101. The van der Waals surface area contributed by atoms with Crippen molar-refractivity contribution in [3.8, 4) is 0 Å². The summed E-state index contributed by atoms with van der Waals surface area (Å²) in [5.41, 5.74) is 1.65. The Balaban J connectivity index is 3.13. The van der Waals surface area contributed by atoms with Crippen molar-refractivity contribution in [3.05, 3.63) is 34.3 Å². The van der Waals surface area contributed by atoms with Crippen LogP contribution in [0.1, 0.15) is 22.8 Å². The zero-order valence-electron chi connectivity index (χ0n) is 6.60. The van der Waals surface area contributed by atoms with E-state index >= 15 is 0 Å². The fourth-order valence-corrected chi connectivity index (χ4v) is 1.71. The van der Waals surface area contributed by atoms with Crippen LogP contribution >= 0.6 is 27.5 Å². The second-order valence-electron chi connectivity index (χ2n) is 2.50. The standard InChI is InChI=1S/C9H8BrClO/c1-6(12)7-2-3-9(11)8(4-7)5-10/h2-4H,5H2,1H3. The van der Waals surface area contributed by atoms with Crippen LogP contribution in [0, 0.1) is 0 Å². The van der Waals surface area contributed by atoms with Gasteiger partial charge in [0.1, 0.15) is 0 Å². The first kappa shape index (κ1) is 9.75. The van der Waals surface area contributed by atoms with E-state index in [-0.39, 0.29) is 5.78 Å². The lowest BCUT2D eigenvalue weighted by Crippen LogP contribution is -1.93. The van der Waals surface area contributed by atoms with E-state index in [1.807, 2.05) is 0 Å². The van der Waals surface area contributed by atoms with E-state index in [9.17, 15) is 4.79 Å². The second-order valence-corrected chi connectivity index (χ2v) is 3.46. The van der Waals surface area contributed by atoms with Crippen LogP contribution in [0.25, 0.3) is 0 Å². The van der Waals surface area contributed by atoms with E-state index in [4.69, 9.17) is 11.6 Å². The Morgan fingerprint density at radius 3 is 2.75 bits per heavy atom. The number of Topliss-reactive ketones (excluding diaryl/α,β-unsaturated/α-hetero) is 1. The SMILES string of the molecule is CC(=O)c1ccc(Cl)c(CBr)c1. The van der Waals surface area contributed by atoms with Gasteiger partial charge in [-0.1, -0.05) is 27.5 Å². The van der Waals surface area contributed by atoms with Crippen LogP contribution in [0.15, 0.2) is 18.2 Å². The molecule has 0 saturated heterocycles. The van der Waals surface area contributed by atoms with Gasteiger partial charge in [-0.3, -0.25) is 4.79 Å². The van der Waals surface area contributed by atoms with Crippen LogP contribution in [0.4, 0.5) is 0 Å². The number of alkyl halides is 1. The van der Waals surface area contributed by atoms with Crippen molar-refractivity contribution >= 4 is 33.3 Å². The zero-order valence-corrected chi connectivity index (χ0v) is 8.95. The minimum Gasteiger partial charge on any atom is -0.295 e. The Bertz CT molecular complexity index is 309. The number of ketones is 1. The lowest BCUT2D eigenvalue weighted by atomic mass is 10.1. The normalized spacial score (nSPS) is 9.92. The highest BCUT2D eigenvalue weighted by molar-refractivity contribution is 9.08. The van der Waals surface area contributed by atoms with E-state index < -0.39 is 0 Å². The monoisotopic (exact) mass is 246 g/mol. The number of halogens is 2. The third kappa shape index (κ3) is 2.08. The van der Waals surface area contributed by atoms with Crippen LogP contribution in [-0.4, -0.2) is 5.78 Å². The summed E-state index contributed by atoms with van der Waals surface area (Å²) in [7, 11) is 0. The quantitative estimate of drug-likeness (QED) is 0.578. The predicted octanol–water partition coefficient (Wildman–Crippen LogP) is 3.44. The van der Waals surface area contributed by atoms with Crippen LogP contribution in [0.3, 0.4) is 0 Å². The molecule has 0 N–H and O–H groups in total. The third-order valence-corrected chi connectivity index (χ3v) is 2.57. The zero-order chi connectivity index (χ0) is 9.14. The summed E-state index contributed by atoms with van der Waals surface area (Å²) in [5.74, 6) is 0.0638. The van der Waals surface area contributed by atoms with E-state index in [0.29, 0.717) is 15.9 Å². The van der Waals surface area contributed by atoms with Crippen molar-refractivity contribution in [1.82, 2.24) is 0 Å². The van der Waals surface area contributed by atoms with Gasteiger partial charge in [-0.25, -0.2) is 0 Å². The van der Waals surface area contributed by atoms with Gasteiger partial charge in [0.05, 0.1) is 0 Å². The number of hydrogen-bond donors (Lipinski definition) is 0. The third-order valence-electron chi connectivity index (χ3n) is 1.60. The summed E-state index contributed by atoms with van der Waals surface area (Å²) in [6, 6.07) is 5.28. The van der Waals surface area contributed by atoms with Crippen LogP contribution < -0.4 is 0 Å². The molecule has 0 aliphatic heterocycles. The first-order valence-electron chi connectivity index (χ1n) is 3.50. The van der Waals surface area contributed by atoms with Gasteiger partial charge in [-0.15, -0.1) is 0 Å². The molecule has 3 heteroatoms. The average molecular weight is 248 g/mol. The van der Waals surface area contributed by atoms with Crippen molar-refractivity contribution in [3.63, 3.8) is 0 Å². The van der Waals surface area contributed by atoms with Gasteiger partial charge >= 0.3 is 0 Å². The number of benzene rings is 1. The Labute approximate surface area is 84.9 Å².